The van der Waals surface area contributed by atoms with Gasteiger partial charge in [-0.05, 0) is 37.2 Å². The highest BCUT2D eigenvalue weighted by molar-refractivity contribution is 7.99. The number of carbonyl (C=O) groups excluding carboxylic acids is 3. The third-order valence-electron chi connectivity index (χ3n) is 6.90. The number of imide groups is 1. The minimum absolute atomic E-state index is 0.00765. The quantitative estimate of drug-likeness (QED) is 0.437. The molecular weight excluding hydrogens is 464 g/mol. The lowest BCUT2D eigenvalue weighted by Gasteiger charge is -2.20. The number of aromatic nitrogens is 3. The molecule has 188 valence electrons. The zero-order chi connectivity index (χ0) is 25.4. The number of amides is 4. The van der Waals surface area contributed by atoms with E-state index in [0.717, 1.165) is 42.1 Å². The predicted octanol–water partition coefficient (Wildman–Crippen LogP) is 4.20. The smallest absolute Gasteiger partial charge is 0.322 e. The van der Waals surface area contributed by atoms with Gasteiger partial charge >= 0.3 is 6.03 Å². The summed E-state index contributed by atoms with van der Waals surface area (Å²) in [6, 6.07) is 8.09. The lowest BCUT2D eigenvalue weighted by atomic mass is 9.86. The summed E-state index contributed by atoms with van der Waals surface area (Å²) < 4.78 is 2.15. The average molecular weight is 499 g/mol. The first-order valence-corrected chi connectivity index (χ1v) is 13.2. The highest BCUT2D eigenvalue weighted by Crippen LogP contribution is 2.37. The molecule has 4 amide bonds. The van der Waals surface area contributed by atoms with Crippen molar-refractivity contribution >= 4 is 29.6 Å². The van der Waals surface area contributed by atoms with E-state index in [1.807, 2.05) is 6.92 Å². The van der Waals surface area contributed by atoms with E-state index in [2.05, 4.69) is 70.5 Å². The van der Waals surface area contributed by atoms with Crippen LogP contribution in [-0.2, 0) is 15.0 Å². The van der Waals surface area contributed by atoms with Gasteiger partial charge in [0.25, 0.3) is 5.91 Å². The summed E-state index contributed by atoms with van der Waals surface area (Å²) in [4.78, 5) is 37.4. The van der Waals surface area contributed by atoms with Crippen LogP contribution in [0.1, 0.15) is 78.3 Å². The fraction of sp³-hybridized carbons (Fsp3) is 0.560. The predicted molar refractivity (Wildman–Crippen MR) is 135 cm³/mol. The molecule has 1 saturated heterocycles. The molecule has 1 aliphatic carbocycles. The minimum atomic E-state index is -1.00. The normalized spacial score (nSPS) is 21.0. The van der Waals surface area contributed by atoms with Crippen molar-refractivity contribution in [2.24, 2.45) is 0 Å². The van der Waals surface area contributed by atoms with Gasteiger partial charge in [-0.1, -0.05) is 76.6 Å². The molecule has 0 unspecified atom stereocenters. The van der Waals surface area contributed by atoms with Crippen LogP contribution >= 0.6 is 11.8 Å². The molecule has 0 spiro atoms. The van der Waals surface area contributed by atoms with Gasteiger partial charge in [-0.2, -0.15) is 5.01 Å². The monoisotopic (exact) mass is 498 g/mol. The summed E-state index contributed by atoms with van der Waals surface area (Å²) in [5.74, 6) is -0.101. The maximum Gasteiger partial charge on any atom is 0.344 e. The van der Waals surface area contributed by atoms with Gasteiger partial charge in [-0.15, -0.1) is 10.2 Å². The Hall–Kier alpha value is -2.88. The van der Waals surface area contributed by atoms with E-state index in [-0.39, 0.29) is 17.2 Å². The van der Waals surface area contributed by atoms with Crippen LogP contribution in [0.2, 0.25) is 0 Å². The molecule has 2 heterocycles. The van der Waals surface area contributed by atoms with E-state index < -0.39 is 23.4 Å². The number of hydrogen-bond donors (Lipinski definition) is 2. The van der Waals surface area contributed by atoms with Gasteiger partial charge in [0.1, 0.15) is 5.54 Å². The molecule has 1 aliphatic heterocycles. The Labute approximate surface area is 210 Å². The van der Waals surface area contributed by atoms with E-state index in [4.69, 9.17) is 0 Å². The minimum Gasteiger partial charge on any atom is -0.322 e. The Morgan fingerprint density at radius 1 is 1.17 bits per heavy atom. The second-order valence-corrected chi connectivity index (χ2v) is 11.5. The van der Waals surface area contributed by atoms with Crippen LogP contribution in [0.4, 0.5) is 4.79 Å². The Kier molecular flexibility index (Phi) is 6.95. The number of hydrazine groups is 1. The van der Waals surface area contributed by atoms with E-state index in [9.17, 15) is 14.4 Å². The first kappa shape index (κ1) is 25.2. The number of thioether (sulfide) groups is 1. The van der Waals surface area contributed by atoms with Crippen molar-refractivity contribution in [1.29, 1.82) is 0 Å². The molecule has 1 saturated carbocycles. The zero-order valence-electron chi connectivity index (χ0n) is 21.1. The van der Waals surface area contributed by atoms with Crippen molar-refractivity contribution in [3.8, 4) is 11.4 Å². The number of nitrogens with one attached hydrogen (secondary N) is 2. The Morgan fingerprint density at radius 2 is 1.83 bits per heavy atom. The van der Waals surface area contributed by atoms with E-state index in [1.54, 1.807) is 6.92 Å². The van der Waals surface area contributed by atoms with Crippen LogP contribution in [-0.4, -0.2) is 48.9 Å². The molecule has 1 aromatic carbocycles. The zero-order valence-corrected chi connectivity index (χ0v) is 21.9. The van der Waals surface area contributed by atoms with Crippen molar-refractivity contribution in [2.75, 3.05) is 5.75 Å². The number of hydrogen-bond acceptors (Lipinski definition) is 6. The maximum atomic E-state index is 12.6. The molecule has 10 heteroatoms. The molecule has 2 fully saturated rings. The highest BCUT2D eigenvalue weighted by atomic mass is 32.2. The van der Waals surface area contributed by atoms with Crippen LogP contribution in [0, 0.1) is 0 Å². The first-order valence-electron chi connectivity index (χ1n) is 12.2. The van der Waals surface area contributed by atoms with Crippen molar-refractivity contribution in [3.63, 3.8) is 0 Å². The summed E-state index contributed by atoms with van der Waals surface area (Å²) in [6.07, 6.45) is 4.82. The molecular formula is C25H34N6O3S. The van der Waals surface area contributed by atoms with E-state index >= 15 is 0 Å². The lowest BCUT2D eigenvalue weighted by Crippen LogP contribution is -2.49. The van der Waals surface area contributed by atoms with Crippen LogP contribution in [0.5, 0.6) is 0 Å². The Bertz CT molecular complexity index is 1120. The number of nitrogens with zero attached hydrogens (tertiary/aromatic N) is 4. The third-order valence-corrected chi connectivity index (χ3v) is 7.84. The molecule has 1 aromatic heterocycles. The van der Waals surface area contributed by atoms with Gasteiger partial charge in [0, 0.05) is 11.6 Å². The second kappa shape index (κ2) is 9.64. The first-order chi connectivity index (χ1) is 16.5. The van der Waals surface area contributed by atoms with Crippen molar-refractivity contribution < 1.29 is 14.4 Å². The third kappa shape index (κ3) is 5.07. The largest absolute Gasteiger partial charge is 0.344 e. The molecule has 4 rings (SSSR count). The number of rotatable bonds is 7. The van der Waals surface area contributed by atoms with Crippen LogP contribution < -0.4 is 10.7 Å². The van der Waals surface area contributed by atoms with Crippen molar-refractivity contribution in [2.45, 2.75) is 88.9 Å². The summed E-state index contributed by atoms with van der Waals surface area (Å²) in [6.45, 7) is 10.0. The molecule has 35 heavy (non-hydrogen) atoms. The van der Waals surface area contributed by atoms with Gasteiger partial charge in [0.05, 0.1) is 5.75 Å². The summed E-state index contributed by atoms with van der Waals surface area (Å²) in [5, 5.41) is 13.0. The van der Waals surface area contributed by atoms with Crippen LogP contribution in [0.3, 0.4) is 0 Å². The Balaban J connectivity index is 1.50. The fourth-order valence-corrected chi connectivity index (χ4v) is 5.29. The molecule has 1 atom stereocenters. The summed E-state index contributed by atoms with van der Waals surface area (Å²) in [5.41, 5.74) is 3.74. The molecule has 2 aromatic rings. The second-order valence-electron chi connectivity index (χ2n) is 10.5. The molecule has 0 bridgehead atoms. The number of carbonyl (C=O) groups is 3. The lowest BCUT2D eigenvalue weighted by molar-refractivity contribution is -0.137. The molecule has 2 aliphatic rings. The average Bonchev–Trinajstić information content (AvgIpc) is 3.53. The summed E-state index contributed by atoms with van der Waals surface area (Å²) >= 11 is 1.26. The van der Waals surface area contributed by atoms with E-state index in [1.165, 1.54) is 17.3 Å². The molecule has 9 nitrogen and oxygen atoms in total. The van der Waals surface area contributed by atoms with Gasteiger partial charge in [0.2, 0.25) is 5.91 Å². The van der Waals surface area contributed by atoms with E-state index in [0.29, 0.717) is 11.6 Å². The van der Waals surface area contributed by atoms with Gasteiger partial charge in [-0.25, -0.2) is 4.79 Å². The van der Waals surface area contributed by atoms with Crippen molar-refractivity contribution in [1.82, 2.24) is 30.5 Å². The van der Waals surface area contributed by atoms with Crippen LogP contribution in [0.15, 0.2) is 29.4 Å². The number of urea groups is 1. The van der Waals surface area contributed by atoms with Crippen molar-refractivity contribution in [3.05, 3.63) is 29.8 Å². The van der Waals surface area contributed by atoms with Gasteiger partial charge in [0.15, 0.2) is 11.0 Å². The van der Waals surface area contributed by atoms with Crippen LogP contribution in [0.25, 0.3) is 11.4 Å². The number of benzene rings is 1. The Morgan fingerprint density at radius 3 is 2.40 bits per heavy atom. The maximum absolute atomic E-state index is 12.6. The summed E-state index contributed by atoms with van der Waals surface area (Å²) in [7, 11) is 0. The highest BCUT2D eigenvalue weighted by Gasteiger charge is 2.47. The topological polar surface area (TPSA) is 109 Å². The fourth-order valence-electron chi connectivity index (χ4n) is 4.50. The standard InChI is InChI=1S/C25H34N6O3S/c1-6-25(5)21(33)31(22(34)26-25)29-19(32)15-35-23-28-27-20(30(23)18-9-7-8-10-18)16-11-13-17(14-12-16)24(2,3)4/h11-14,18H,6-10,15H2,1-5H3,(H,26,34)(H,29,32)/t25-/m0/s1. The molecule has 2 N–H and O–H groups in total. The van der Waals surface area contributed by atoms with Gasteiger partial charge < -0.3 is 5.32 Å². The van der Waals surface area contributed by atoms with Gasteiger partial charge in [-0.3, -0.25) is 19.6 Å². The molecule has 0 radical (unpaired) electrons. The SMILES string of the molecule is CC[C@]1(C)NC(=O)N(NC(=O)CSc2nnc(-c3ccc(C(C)(C)C)cc3)n2C2CCCC2)C1=O.